The van der Waals surface area contributed by atoms with Gasteiger partial charge in [0, 0.05) is 17.6 Å². The summed E-state index contributed by atoms with van der Waals surface area (Å²) in [6.45, 7) is 3.75. The molecule has 0 amide bonds. The molecule has 0 saturated heterocycles. The molecule has 0 atom stereocenters. The van der Waals surface area contributed by atoms with Gasteiger partial charge in [0.1, 0.15) is 10.9 Å². The number of hydrogen-bond donors (Lipinski definition) is 1. The Bertz CT molecular complexity index is 1250. The van der Waals surface area contributed by atoms with Crippen LogP contribution in [0.3, 0.4) is 0 Å². The molecule has 0 aliphatic rings. The van der Waals surface area contributed by atoms with Crippen molar-refractivity contribution in [3.63, 3.8) is 0 Å². The summed E-state index contributed by atoms with van der Waals surface area (Å²) in [5.74, 6) is -1.16. The molecule has 0 bridgehead atoms. The second-order valence-electron chi connectivity index (χ2n) is 6.42. The summed E-state index contributed by atoms with van der Waals surface area (Å²) in [5, 5.41) is 13.4. The fraction of sp³-hybridized carbons (Fsp3) is 0.100. The molecule has 0 radical (unpaired) electrons. The van der Waals surface area contributed by atoms with E-state index in [1.54, 1.807) is 0 Å². The lowest BCUT2D eigenvalue weighted by Gasteiger charge is -2.13. The van der Waals surface area contributed by atoms with Crippen LogP contribution in [-0.2, 0) is 0 Å². The standard InChI is InChI=1S/C20H14ClFN4O3/c1-10-4-3-5-11(2)17(10)29-16-6-13-15(7-14(16)22)24-20(25-18(13)21)26-9-12(8-23-26)19(27)28/h3-9H,1-2H3,(H,27,28). The van der Waals surface area contributed by atoms with Crippen LogP contribution in [0, 0.1) is 19.7 Å². The first-order chi connectivity index (χ1) is 13.8. The Balaban J connectivity index is 1.78. The minimum atomic E-state index is -1.14. The van der Waals surface area contributed by atoms with Crippen LogP contribution >= 0.6 is 11.6 Å². The molecular weight excluding hydrogens is 399 g/mol. The van der Waals surface area contributed by atoms with Crippen molar-refractivity contribution in [1.29, 1.82) is 0 Å². The summed E-state index contributed by atoms with van der Waals surface area (Å²) in [6.07, 6.45) is 2.40. The molecular formula is C20H14ClFN4O3. The fourth-order valence-corrected chi connectivity index (χ4v) is 3.10. The smallest absolute Gasteiger partial charge is 0.338 e. The van der Waals surface area contributed by atoms with Gasteiger partial charge in [0.25, 0.3) is 5.95 Å². The third-order valence-corrected chi connectivity index (χ3v) is 4.63. The summed E-state index contributed by atoms with van der Waals surface area (Å²) in [4.78, 5) is 19.4. The Morgan fingerprint density at radius 2 is 1.93 bits per heavy atom. The highest BCUT2D eigenvalue weighted by atomic mass is 35.5. The van der Waals surface area contributed by atoms with Gasteiger partial charge in [0.2, 0.25) is 0 Å². The number of benzene rings is 2. The number of halogens is 2. The maximum Gasteiger partial charge on any atom is 0.338 e. The van der Waals surface area contributed by atoms with Gasteiger partial charge in [-0.2, -0.15) is 10.1 Å². The SMILES string of the molecule is Cc1cccc(C)c1Oc1cc2c(Cl)nc(-n3cc(C(=O)O)cn3)nc2cc1F. The molecule has 9 heteroatoms. The first kappa shape index (κ1) is 18.8. The number of carboxylic acid groups (broad SMARTS) is 1. The zero-order valence-corrected chi connectivity index (χ0v) is 16.1. The number of hydrogen-bond acceptors (Lipinski definition) is 5. The minimum absolute atomic E-state index is 0.000373. The summed E-state index contributed by atoms with van der Waals surface area (Å²) in [5.41, 5.74) is 1.94. The molecule has 0 fully saturated rings. The Morgan fingerprint density at radius 3 is 2.59 bits per heavy atom. The number of rotatable bonds is 4. The van der Waals surface area contributed by atoms with Crippen molar-refractivity contribution < 1.29 is 19.0 Å². The van der Waals surface area contributed by atoms with E-state index >= 15 is 0 Å². The van der Waals surface area contributed by atoms with Gasteiger partial charge in [-0.25, -0.2) is 18.9 Å². The van der Waals surface area contributed by atoms with E-state index in [2.05, 4.69) is 15.1 Å². The lowest BCUT2D eigenvalue weighted by Crippen LogP contribution is -2.03. The highest BCUT2D eigenvalue weighted by Crippen LogP contribution is 2.34. The molecule has 0 spiro atoms. The molecule has 0 aliphatic heterocycles. The van der Waals surface area contributed by atoms with Gasteiger partial charge in [0.05, 0.1) is 17.3 Å². The predicted octanol–water partition coefficient (Wildman–Crippen LogP) is 4.72. The Hall–Kier alpha value is -3.52. The average molecular weight is 413 g/mol. The van der Waals surface area contributed by atoms with Crippen LogP contribution in [-0.4, -0.2) is 30.8 Å². The molecule has 4 aromatic rings. The molecule has 29 heavy (non-hydrogen) atoms. The van der Waals surface area contributed by atoms with Crippen molar-refractivity contribution in [3.8, 4) is 17.4 Å². The number of carbonyl (C=O) groups is 1. The second-order valence-corrected chi connectivity index (χ2v) is 6.77. The molecule has 2 heterocycles. The zero-order chi connectivity index (χ0) is 20.7. The number of fused-ring (bicyclic) bond motifs is 1. The van der Waals surface area contributed by atoms with Gasteiger partial charge in [-0.1, -0.05) is 29.8 Å². The summed E-state index contributed by atoms with van der Waals surface area (Å²) in [7, 11) is 0. The zero-order valence-electron chi connectivity index (χ0n) is 15.3. The highest BCUT2D eigenvalue weighted by Gasteiger charge is 2.16. The van der Waals surface area contributed by atoms with Crippen LogP contribution in [0.1, 0.15) is 21.5 Å². The number of para-hydroxylation sites is 1. The number of ether oxygens (including phenoxy) is 1. The van der Waals surface area contributed by atoms with Crippen LogP contribution in [0.5, 0.6) is 11.5 Å². The molecule has 1 N–H and O–H groups in total. The number of carboxylic acids is 1. The summed E-state index contributed by atoms with van der Waals surface area (Å²) >= 11 is 6.28. The van der Waals surface area contributed by atoms with Gasteiger partial charge in [-0.3, -0.25) is 0 Å². The average Bonchev–Trinajstić information content (AvgIpc) is 3.16. The Kier molecular flexibility index (Phi) is 4.63. The normalized spacial score (nSPS) is 11.0. The largest absolute Gasteiger partial charge is 0.478 e. The van der Waals surface area contributed by atoms with Crippen molar-refractivity contribution >= 4 is 28.5 Å². The quantitative estimate of drug-likeness (QED) is 0.488. The van der Waals surface area contributed by atoms with E-state index in [-0.39, 0.29) is 27.9 Å². The topological polar surface area (TPSA) is 90.1 Å². The van der Waals surface area contributed by atoms with Crippen molar-refractivity contribution in [2.75, 3.05) is 0 Å². The molecule has 7 nitrogen and oxygen atoms in total. The van der Waals surface area contributed by atoms with Crippen LogP contribution in [0.2, 0.25) is 5.15 Å². The molecule has 2 aromatic carbocycles. The van der Waals surface area contributed by atoms with Crippen molar-refractivity contribution in [2.45, 2.75) is 13.8 Å². The first-order valence-corrected chi connectivity index (χ1v) is 8.90. The van der Waals surface area contributed by atoms with Crippen molar-refractivity contribution in [3.05, 3.63) is 70.4 Å². The molecule has 2 aromatic heterocycles. The third-order valence-electron chi connectivity index (χ3n) is 4.35. The lowest BCUT2D eigenvalue weighted by molar-refractivity contribution is 0.0697. The third kappa shape index (κ3) is 3.50. The van der Waals surface area contributed by atoms with E-state index in [1.165, 1.54) is 18.3 Å². The predicted molar refractivity (Wildman–Crippen MR) is 105 cm³/mol. The number of aromatic carboxylic acids is 1. The molecule has 0 saturated carbocycles. The van der Waals surface area contributed by atoms with Gasteiger partial charge >= 0.3 is 5.97 Å². The Morgan fingerprint density at radius 1 is 1.21 bits per heavy atom. The monoisotopic (exact) mass is 412 g/mol. The van der Waals surface area contributed by atoms with E-state index in [0.29, 0.717) is 11.1 Å². The second kappa shape index (κ2) is 7.14. The van der Waals surface area contributed by atoms with Gasteiger partial charge < -0.3 is 9.84 Å². The number of aromatic nitrogens is 4. The summed E-state index contributed by atoms with van der Waals surface area (Å²) < 4.78 is 21.7. The highest BCUT2D eigenvalue weighted by molar-refractivity contribution is 6.34. The maximum absolute atomic E-state index is 14.7. The first-order valence-electron chi connectivity index (χ1n) is 8.52. The van der Waals surface area contributed by atoms with E-state index in [4.69, 9.17) is 21.4 Å². The molecule has 4 rings (SSSR count). The van der Waals surface area contributed by atoms with Crippen LogP contribution in [0.15, 0.2) is 42.7 Å². The molecule has 0 unspecified atom stereocenters. The van der Waals surface area contributed by atoms with E-state index in [9.17, 15) is 9.18 Å². The fourth-order valence-electron chi connectivity index (χ4n) is 2.87. The van der Waals surface area contributed by atoms with Gasteiger partial charge in [-0.15, -0.1) is 0 Å². The summed E-state index contributed by atoms with van der Waals surface area (Å²) in [6, 6.07) is 8.27. The Labute approximate surface area is 169 Å². The molecule has 0 aliphatic carbocycles. The maximum atomic E-state index is 14.7. The van der Waals surface area contributed by atoms with Crippen molar-refractivity contribution in [1.82, 2.24) is 19.7 Å². The molecule has 146 valence electrons. The minimum Gasteiger partial charge on any atom is -0.478 e. The van der Waals surface area contributed by atoms with Crippen LogP contribution in [0.25, 0.3) is 16.9 Å². The lowest BCUT2D eigenvalue weighted by atomic mass is 10.1. The number of nitrogens with zero attached hydrogens (tertiary/aromatic N) is 4. The van der Waals surface area contributed by atoms with Crippen molar-refractivity contribution in [2.24, 2.45) is 0 Å². The van der Waals surface area contributed by atoms with E-state index in [0.717, 1.165) is 22.0 Å². The van der Waals surface area contributed by atoms with Gasteiger partial charge in [-0.05, 0) is 31.0 Å². The van der Waals surface area contributed by atoms with E-state index < -0.39 is 11.8 Å². The van der Waals surface area contributed by atoms with Crippen LogP contribution < -0.4 is 4.74 Å². The van der Waals surface area contributed by atoms with Gasteiger partial charge in [0.15, 0.2) is 11.6 Å². The van der Waals surface area contributed by atoms with Crippen LogP contribution in [0.4, 0.5) is 4.39 Å². The number of aryl methyl sites for hydroxylation is 2. The van der Waals surface area contributed by atoms with E-state index in [1.807, 2.05) is 32.0 Å².